The van der Waals surface area contributed by atoms with Gasteiger partial charge in [0.05, 0.1) is 5.69 Å². The van der Waals surface area contributed by atoms with Crippen LogP contribution in [0.25, 0.3) is 5.69 Å². The molecule has 0 aliphatic carbocycles. The van der Waals surface area contributed by atoms with Gasteiger partial charge in [0.15, 0.2) is 0 Å². The van der Waals surface area contributed by atoms with E-state index in [-0.39, 0.29) is 0 Å². The van der Waals surface area contributed by atoms with E-state index >= 15 is 0 Å². The molecule has 2 radical (unpaired) electrons. The van der Waals surface area contributed by atoms with Crippen molar-refractivity contribution >= 4 is 24.9 Å². The second-order valence-electron chi connectivity index (χ2n) is 2.70. The summed E-state index contributed by atoms with van der Waals surface area (Å²) in [5, 5.41) is 4.75. The number of hydrogen-bond donors (Lipinski definition) is 0. The number of rotatable bonds is 1. The van der Waals surface area contributed by atoms with Crippen LogP contribution in [-0.2, 0) is 0 Å². The largest absolute Gasteiger partial charge is 0.242 e. The van der Waals surface area contributed by atoms with Crippen molar-refractivity contribution in [1.82, 2.24) is 9.78 Å². The molecule has 1 heterocycles. The van der Waals surface area contributed by atoms with E-state index < -0.39 is 0 Å². The predicted molar refractivity (Wildman–Crippen MR) is 54.0 cm³/mol. The first kappa shape index (κ1) is 8.39. The van der Waals surface area contributed by atoms with E-state index in [0.717, 1.165) is 5.69 Å². The Bertz CT molecular complexity index is 425. The Hall–Kier alpha value is -1.22. The van der Waals surface area contributed by atoms with Crippen molar-refractivity contribution in [3.8, 4) is 5.69 Å². The van der Waals surface area contributed by atoms with Crippen LogP contribution in [0.4, 0.5) is 0 Å². The van der Waals surface area contributed by atoms with Gasteiger partial charge in [-0.2, -0.15) is 5.10 Å². The molecule has 62 valence electrons. The molecule has 2 rings (SSSR count). The van der Waals surface area contributed by atoms with Gasteiger partial charge in [0.25, 0.3) is 0 Å². The maximum absolute atomic E-state index is 5.83. The second-order valence-corrected chi connectivity index (χ2v) is 3.13. The van der Waals surface area contributed by atoms with Crippen molar-refractivity contribution in [2.45, 2.75) is 0 Å². The van der Waals surface area contributed by atoms with Crippen molar-refractivity contribution in [2.75, 3.05) is 0 Å². The van der Waals surface area contributed by atoms with Crippen LogP contribution < -0.4 is 5.46 Å². The van der Waals surface area contributed by atoms with E-state index in [9.17, 15) is 0 Å². The normalized spacial score (nSPS) is 10.2. The molecule has 1 aromatic heterocycles. The molecule has 0 atom stereocenters. The highest BCUT2D eigenvalue weighted by atomic mass is 35.5. The Balaban J connectivity index is 2.46. The summed E-state index contributed by atoms with van der Waals surface area (Å²) in [5.41, 5.74) is 1.55. The van der Waals surface area contributed by atoms with Crippen LogP contribution in [0, 0.1) is 0 Å². The lowest BCUT2D eigenvalue weighted by atomic mass is 10.0. The quantitative estimate of drug-likeness (QED) is 0.617. The maximum atomic E-state index is 5.83. The molecule has 0 fully saturated rings. The molecule has 0 aliphatic rings. The molecule has 0 saturated heterocycles. The fraction of sp³-hybridized carbons (Fsp3) is 0. The maximum Gasteiger partial charge on any atom is 0.118 e. The van der Waals surface area contributed by atoms with Gasteiger partial charge in [-0.25, -0.2) is 4.68 Å². The van der Waals surface area contributed by atoms with Gasteiger partial charge < -0.3 is 0 Å². The smallest absolute Gasteiger partial charge is 0.118 e. The molecular formula is C9H6BClN2. The van der Waals surface area contributed by atoms with Crippen LogP contribution in [0.15, 0.2) is 36.7 Å². The monoisotopic (exact) mass is 188 g/mol. The number of halogens is 1. The van der Waals surface area contributed by atoms with Gasteiger partial charge in [0.1, 0.15) is 7.85 Å². The zero-order valence-electron chi connectivity index (χ0n) is 6.81. The number of aromatic nitrogens is 2. The molecule has 2 nitrogen and oxygen atoms in total. The number of nitrogens with zero attached hydrogens (tertiary/aromatic N) is 2. The summed E-state index contributed by atoms with van der Waals surface area (Å²) in [6.07, 6.45) is 3.34. The third-order valence-electron chi connectivity index (χ3n) is 1.68. The molecule has 2 aromatic rings. The van der Waals surface area contributed by atoms with Gasteiger partial charge in [-0.05, 0) is 18.2 Å². The van der Waals surface area contributed by atoms with E-state index in [0.29, 0.717) is 10.5 Å². The lowest BCUT2D eigenvalue weighted by molar-refractivity contribution is 0.881. The summed E-state index contributed by atoms with van der Waals surface area (Å²) < 4.78 is 1.68. The van der Waals surface area contributed by atoms with E-state index in [1.54, 1.807) is 17.1 Å². The molecule has 4 heteroatoms. The minimum Gasteiger partial charge on any atom is -0.242 e. The highest BCUT2D eigenvalue weighted by Gasteiger charge is 1.97. The minimum absolute atomic E-state index is 0.639. The molecule has 13 heavy (non-hydrogen) atoms. The third-order valence-corrected chi connectivity index (χ3v) is 1.91. The van der Waals surface area contributed by atoms with E-state index in [4.69, 9.17) is 19.4 Å². The predicted octanol–water partition coefficient (Wildman–Crippen LogP) is 1.32. The van der Waals surface area contributed by atoms with Crippen LogP contribution in [0.2, 0.25) is 5.02 Å². The Morgan fingerprint density at radius 3 is 2.85 bits per heavy atom. The summed E-state index contributed by atoms with van der Waals surface area (Å²) in [6.45, 7) is 0. The first-order valence-corrected chi connectivity index (χ1v) is 4.19. The molecular weight excluding hydrogens is 182 g/mol. The fourth-order valence-corrected chi connectivity index (χ4v) is 1.28. The van der Waals surface area contributed by atoms with Gasteiger partial charge in [0, 0.05) is 17.4 Å². The fourth-order valence-electron chi connectivity index (χ4n) is 1.10. The lowest BCUT2D eigenvalue weighted by Crippen LogP contribution is -1.97. The van der Waals surface area contributed by atoms with Crippen molar-refractivity contribution in [3.05, 3.63) is 41.7 Å². The van der Waals surface area contributed by atoms with Gasteiger partial charge in [-0.15, -0.1) is 0 Å². The van der Waals surface area contributed by atoms with Crippen LogP contribution in [0.3, 0.4) is 0 Å². The van der Waals surface area contributed by atoms with Crippen molar-refractivity contribution in [2.24, 2.45) is 0 Å². The minimum atomic E-state index is 0.639. The summed E-state index contributed by atoms with van der Waals surface area (Å²) in [7, 11) is 5.54. The first-order chi connectivity index (χ1) is 6.25. The van der Waals surface area contributed by atoms with Crippen LogP contribution in [0.1, 0.15) is 0 Å². The topological polar surface area (TPSA) is 17.8 Å². The molecule has 0 N–H and O–H groups in total. The molecule has 0 amide bonds. The van der Waals surface area contributed by atoms with Crippen molar-refractivity contribution in [1.29, 1.82) is 0 Å². The molecule has 0 unspecified atom stereocenters. The Labute approximate surface area is 82.6 Å². The summed E-state index contributed by atoms with van der Waals surface area (Å²) in [5.74, 6) is 0. The highest BCUT2D eigenvalue weighted by molar-refractivity contribution is 6.32. The zero-order chi connectivity index (χ0) is 9.26. The van der Waals surface area contributed by atoms with Gasteiger partial charge in [-0.3, -0.25) is 0 Å². The van der Waals surface area contributed by atoms with Crippen molar-refractivity contribution < 1.29 is 0 Å². The molecule has 0 spiro atoms. The average molecular weight is 188 g/mol. The SMILES string of the molecule is [B]c1cnn(-c2cccc(Cl)c2)c1. The standard InChI is InChI=1S/C9H6BClN2/c10-7-5-12-13(6-7)9-3-1-2-8(11)4-9/h1-6H. The zero-order valence-corrected chi connectivity index (χ0v) is 7.57. The Morgan fingerprint density at radius 2 is 2.23 bits per heavy atom. The summed E-state index contributed by atoms with van der Waals surface area (Å²) >= 11 is 5.83. The molecule has 0 aliphatic heterocycles. The van der Waals surface area contributed by atoms with Crippen molar-refractivity contribution in [3.63, 3.8) is 0 Å². The Morgan fingerprint density at radius 1 is 1.38 bits per heavy atom. The van der Waals surface area contributed by atoms with Crippen LogP contribution in [0.5, 0.6) is 0 Å². The number of benzene rings is 1. The van der Waals surface area contributed by atoms with Crippen LogP contribution in [-0.4, -0.2) is 17.6 Å². The Kier molecular flexibility index (Phi) is 2.11. The molecule has 1 aromatic carbocycles. The number of hydrogen-bond acceptors (Lipinski definition) is 1. The van der Waals surface area contributed by atoms with E-state index in [1.807, 2.05) is 24.3 Å². The van der Waals surface area contributed by atoms with Crippen LogP contribution >= 0.6 is 11.6 Å². The summed E-state index contributed by atoms with van der Waals surface area (Å²) in [6, 6.07) is 7.43. The second kappa shape index (κ2) is 3.26. The van der Waals surface area contributed by atoms with E-state index in [2.05, 4.69) is 5.10 Å². The van der Waals surface area contributed by atoms with E-state index in [1.165, 1.54) is 0 Å². The molecule has 0 bridgehead atoms. The highest BCUT2D eigenvalue weighted by Crippen LogP contribution is 2.12. The third kappa shape index (κ3) is 1.75. The van der Waals surface area contributed by atoms with Gasteiger partial charge in [0.2, 0.25) is 0 Å². The lowest BCUT2D eigenvalue weighted by Gasteiger charge is -2.00. The van der Waals surface area contributed by atoms with Gasteiger partial charge in [-0.1, -0.05) is 23.1 Å². The first-order valence-electron chi connectivity index (χ1n) is 3.82. The molecule has 0 saturated carbocycles. The van der Waals surface area contributed by atoms with Gasteiger partial charge >= 0.3 is 0 Å². The summed E-state index contributed by atoms with van der Waals surface area (Å²) in [4.78, 5) is 0. The average Bonchev–Trinajstić information content (AvgIpc) is 2.52.